The summed E-state index contributed by atoms with van der Waals surface area (Å²) in [5, 5.41) is 11.2. The zero-order valence-corrected chi connectivity index (χ0v) is 13.7. The van der Waals surface area contributed by atoms with Gasteiger partial charge in [0.05, 0.1) is 22.5 Å². The Morgan fingerprint density at radius 2 is 2.20 bits per heavy atom. The molecule has 7 heteroatoms. The van der Waals surface area contributed by atoms with E-state index in [9.17, 15) is 13.5 Å². The molecular formula is C13H17ClO4S2. The molecule has 1 aromatic carbocycles. The van der Waals surface area contributed by atoms with Gasteiger partial charge < -0.3 is 9.29 Å². The van der Waals surface area contributed by atoms with Crippen molar-refractivity contribution in [2.45, 2.75) is 36.9 Å². The Bertz CT molecular complexity index is 600. The van der Waals surface area contributed by atoms with Crippen LogP contribution in [0, 0.1) is 0 Å². The molecule has 4 nitrogen and oxygen atoms in total. The Morgan fingerprint density at radius 1 is 1.50 bits per heavy atom. The first-order valence-electron chi connectivity index (χ1n) is 6.28. The van der Waals surface area contributed by atoms with Crippen LogP contribution in [0.4, 0.5) is 0 Å². The zero-order valence-electron chi connectivity index (χ0n) is 11.3. The molecule has 0 spiro atoms. The van der Waals surface area contributed by atoms with Crippen LogP contribution in [0.3, 0.4) is 0 Å². The van der Waals surface area contributed by atoms with Gasteiger partial charge in [-0.25, -0.2) is 8.42 Å². The molecule has 20 heavy (non-hydrogen) atoms. The lowest BCUT2D eigenvalue weighted by Crippen LogP contribution is -2.37. The molecule has 0 aromatic heterocycles. The van der Waals surface area contributed by atoms with Gasteiger partial charge >= 0.3 is 0 Å². The van der Waals surface area contributed by atoms with Crippen LogP contribution in [0.1, 0.15) is 25.8 Å². The summed E-state index contributed by atoms with van der Waals surface area (Å²) in [4.78, 5) is 0.167. The quantitative estimate of drug-likeness (QED) is 0.856. The Hall–Kier alpha value is -0.270. The highest BCUT2D eigenvalue weighted by Gasteiger charge is 2.41. The first-order valence-corrected chi connectivity index (χ1v) is 9.22. The molecule has 0 saturated carbocycles. The summed E-state index contributed by atoms with van der Waals surface area (Å²) >= 11 is 7.09. The average molecular weight is 337 g/mol. The van der Waals surface area contributed by atoms with E-state index >= 15 is 0 Å². The molecule has 0 amide bonds. The molecule has 0 bridgehead atoms. The minimum atomic E-state index is -3.34. The van der Waals surface area contributed by atoms with Crippen LogP contribution in [0.15, 0.2) is 23.1 Å². The summed E-state index contributed by atoms with van der Waals surface area (Å²) in [5.74, 6) is 0.203. The number of halogens is 1. The zero-order chi connectivity index (χ0) is 15.0. The minimum absolute atomic E-state index is 0.0368. The van der Waals surface area contributed by atoms with Crippen LogP contribution in [0.2, 0.25) is 5.02 Å². The monoisotopic (exact) mass is 336 g/mol. The molecule has 112 valence electrons. The lowest BCUT2D eigenvalue weighted by atomic mass is 9.92. The van der Waals surface area contributed by atoms with Crippen molar-refractivity contribution < 1.29 is 17.7 Å². The smallest absolute Gasteiger partial charge is 0.178 e. The predicted octanol–water partition coefficient (Wildman–Crippen LogP) is 2.78. The lowest BCUT2D eigenvalue weighted by Gasteiger charge is -2.33. The van der Waals surface area contributed by atoms with E-state index in [1.54, 1.807) is 0 Å². The summed E-state index contributed by atoms with van der Waals surface area (Å²) in [5.41, 5.74) is -0.860. The largest absolute Gasteiger partial charge is 0.384 e. The van der Waals surface area contributed by atoms with Gasteiger partial charge in [-0.3, -0.25) is 0 Å². The van der Waals surface area contributed by atoms with Gasteiger partial charge in [0.25, 0.3) is 0 Å². The molecule has 0 aliphatic carbocycles. The summed E-state index contributed by atoms with van der Waals surface area (Å²) in [7, 11) is -3.34. The maximum absolute atomic E-state index is 12.1. The van der Waals surface area contributed by atoms with E-state index in [1.165, 1.54) is 18.2 Å². The highest BCUT2D eigenvalue weighted by atomic mass is 35.5. The van der Waals surface area contributed by atoms with Crippen LogP contribution >= 0.6 is 23.6 Å². The Kier molecular flexibility index (Phi) is 4.71. The highest BCUT2D eigenvalue weighted by molar-refractivity contribution is 7.94. The molecule has 1 atom stereocenters. The third-order valence-corrected chi connectivity index (χ3v) is 6.24. The number of benzene rings is 1. The van der Waals surface area contributed by atoms with Crippen molar-refractivity contribution in [2.24, 2.45) is 0 Å². The Morgan fingerprint density at radius 3 is 2.85 bits per heavy atom. The molecule has 1 N–H and O–H groups in total. The van der Waals surface area contributed by atoms with Crippen LogP contribution in [0.5, 0.6) is 0 Å². The fourth-order valence-electron chi connectivity index (χ4n) is 2.10. The third-order valence-electron chi connectivity index (χ3n) is 3.12. The van der Waals surface area contributed by atoms with E-state index in [0.717, 1.165) is 12.0 Å². The summed E-state index contributed by atoms with van der Waals surface area (Å²) < 4.78 is 29.5. The topological polar surface area (TPSA) is 63.6 Å². The summed E-state index contributed by atoms with van der Waals surface area (Å²) in [6.45, 7) is 3.79. The van der Waals surface area contributed by atoms with E-state index in [2.05, 4.69) is 0 Å². The van der Waals surface area contributed by atoms with Gasteiger partial charge in [0.2, 0.25) is 0 Å². The second-order valence-corrected chi connectivity index (χ2v) is 8.38. The molecule has 1 aliphatic rings. The fraction of sp³-hybridized carbons (Fsp3) is 0.538. The lowest BCUT2D eigenvalue weighted by molar-refractivity contribution is 0.0519. The maximum Gasteiger partial charge on any atom is 0.178 e. The Labute approximate surface area is 128 Å². The molecule has 1 unspecified atom stereocenters. The van der Waals surface area contributed by atoms with Crippen LogP contribution in [-0.2, 0) is 19.6 Å². The number of fused-ring (bicyclic) bond motifs is 1. The molecule has 2 rings (SSSR count). The number of hydrogen-bond acceptors (Lipinski definition) is 5. The van der Waals surface area contributed by atoms with E-state index in [-0.39, 0.29) is 28.9 Å². The minimum Gasteiger partial charge on any atom is -0.384 e. The van der Waals surface area contributed by atoms with Crippen LogP contribution < -0.4 is 0 Å². The van der Waals surface area contributed by atoms with Crippen molar-refractivity contribution >= 4 is 33.5 Å². The molecule has 0 radical (unpaired) electrons. The normalized spacial score (nSPS) is 24.6. The summed E-state index contributed by atoms with van der Waals surface area (Å²) in [6, 6.07) is 4.52. The third kappa shape index (κ3) is 3.31. The second kappa shape index (κ2) is 5.85. The number of hydrogen-bond donors (Lipinski definition) is 1. The molecular weight excluding hydrogens is 320 g/mol. The predicted molar refractivity (Wildman–Crippen MR) is 80.7 cm³/mol. The van der Waals surface area contributed by atoms with Gasteiger partial charge in [-0.05, 0) is 50.5 Å². The molecule has 1 heterocycles. The Balaban J connectivity index is 2.35. The number of rotatable bonds is 4. The molecule has 1 aromatic rings. The molecule has 0 fully saturated rings. The van der Waals surface area contributed by atoms with Gasteiger partial charge in [0.15, 0.2) is 9.84 Å². The highest BCUT2D eigenvalue weighted by Crippen LogP contribution is 2.40. The fourth-order valence-corrected chi connectivity index (χ4v) is 4.80. The SMILES string of the molecule is CC(C)OSCC1(O)CCS(=O)(=O)c2ccc(Cl)cc21. The van der Waals surface area contributed by atoms with Crippen LogP contribution in [-0.4, -0.2) is 31.1 Å². The van der Waals surface area contributed by atoms with Crippen molar-refractivity contribution in [1.29, 1.82) is 0 Å². The van der Waals surface area contributed by atoms with E-state index in [1.807, 2.05) is 13.8 Å². The van der Waals surface area contributed by atoms with Crippen molar-refractivity contribution in [3.63, 3.8) is 0 Å². The first kappa shape index (κ1) is 16.1. The van der Waals surface area contributed by atoms with Gasteiger partial charge in [0, 0.05) is 10.6 Å². The second-order valence-electron chi connectivity index (χ2n) is 5.15. The number of aliphatic hydroxyl groups is 1. The van der Waals surface area contributed by atoms with Crippen LogP contribution in [0.25, 0.3) is 0 Å². The van der Waals surface area contributed by atoms with Crippen molar-refractivity contribution in [3.05, 3.63) is 28.8 Å². The average Bonchev–Trinajstić information content (AvgIpc) is 2.34. The number of sulfone groups is 1. The first-order chi connectivity index (χ1) is 9.24. The van der Waals surface area contributed by atoms with E-state index in [4.69, 9.17) is 15.8 Å². The van der Waals surface area contributed by atoms with E-state index < -0.39 is 15.4 Å². The van der Waals surface area contributed by atoms with Crippen molar-refractivity contribution in [2.75, 3.05) is 11.5 Å². The van der Waals surface area contributed by atoms with Gasteiger partial charge in [-0.1, -0.05) is 11.6 Å². The van der Waals surface area contributed by atoms with Crippen molar-refractivity contribution in [1.82, 2.24) is 0 Å². The van der Waals surface area contributed by atoms with Gasteiger partial charge in [-0.15, -0.1) is 0 Å². The van der Waals surface area contributed by atoms with Gasteiger partial charge in [-0.2, -0.15) is 0 Å². The summed E-state index contributed by atoms with van der Waals surface area (Å²) in [6.07, 6.45) is 0.187. The van der Waals surface area contributed by atoms with Crippen molar-refractivity contribution in [3.8, 4) is 0 Å². The standard InChI is InChI=1S/C13H17ClO4S2/c1-9(2)18-19-8-13(15)5-6-20(16,17)12-4-3-10(14)7-11(12)13/h3-4,7,9,15H,5-6,8H2,1-2H3. The molecule has 0 saturated heterocycles. The van der Waals surface area contributed by atoms with E-state index in [0.29, 0.717) is 10.6 Å². The maximum atomic E-state index is 12.1. The van der Waals surface area contributed by atoms with Gasteiger partial charge in [0.1, 0.15) is 5.60 Å². The molecule has 1 aliphatic heterocycles.